The van der Waals surface area contributed by atoms with E-state index in [9.17, 15) is 0 Å². The van der Waals surface area contributed by atoms with Gasteiger partial charge < -0.3 is 10.1 Å². The molecule has 2 heteroatoms. The molecular weight excluding hydrogens is 198 g/mol. The van der Waals surface area contributed by atoms with Gasteiger partial charge in [0, 0.05) is 19.7 Å². The summed E-state index contributed by atoms with van der Waals surface area (Å²) in [6.07, 6.45) is 7.99. The minimum atomic E-state index is 0.475. The number of allylic oxidation sites excluding steroid dienone is 1. The van der Waals surface area contributed by atoms with Gasteiger partial charge in [-0.25, -0.2) is 0 Å². The van der Waals surface area contributed by atoms with Crippen molar-refractivity contribution >= 4 is 0 Å². The topological polar surface area (TPSA) is 21.3 Å². The largest absolute Gasteiger partial charge is 0.377 e. The summed E-state index contributed by atoms with van der Waals surface area (Å²) >= 11 is 0. The summed E-state index contributed by atoms with van der Waals surface area (Å²) in [6.45, 7) is 7.80. The molecule has 1 N–H and O–H groups in total. The van der Waals surface area contributed by atoms with Gasteiger partial charge in [0.15, 0.2) is 0 Å². The fourth-order valence-electron chi connectivity index (χ4n) is 2.94. The van der Waals surface area contributed by atoms with Crippen LogP contribution in [-0.4, -0.2) is 25.8 Å². The zero-order valence-corrected chi connectivity index (χ0v) is 10.7. The van der Waals surface area contributed by atoms with Gasteiger partial charge in [-0.3, -0.25) is 0 Å². The molecule has 0 amide bonds. The molecule has 2 nitrogen and oxygen atoms in total. The van der Waals surface area contributed by atoms with Gasteiger partial charge in [-0.2, -0.15) is 0 Å². The molecule has 0 radical (unpaired) electrons. The SMILES string of the molecule is CC1=CCC[C@H](C)[C@H]1CNC[C@@H]1CCCO1. The number of rotatable bonds is 4. The monoisotopic (exact) mass is 223 g/mol. The predicted molar refractivity (Wildman–Crippen MR) is 67.5 cm³/mol. The Kier molecular flexibility index (Phi) is 4.42. The Morgan fingerprint density at radius 3 is 2.94 bits per heavy atom. The second-order valence-electron chi connectivity index (χ2n) is 5.40. The molecule has 1 heterocycles. The molecule has 3 atom stereocenters. The van der Waals surface area contributed by atoms with Crippen LogP contribution in [0.15, 0.2) is 11.6 Å². The van der Waals surface area contributed by atoms with Crippen LogP contribution in [0.5, 0.6) is 0 Å². The van der Waals surface area contributed by atoms with E-state index in [-0.39, 0.29) is 0 Å². The molecule has 0 saturated carbocycles. The molecule has 16 heavy (non-hydrogen) atoms. The normalized spacial score (nSPS) is 35.1. The highest BCUT2D eigenvalue weighted by atomic mass is 16.5. The molecule has 92 valence electrons. The Hall–Kier alpha value is -0.340. The van der Waals surface area contributed by atoms with E-state index < -0.39 is 0 Å². The molecule has 0 aromatic rings. The number of hydrogen-bond acceptors (Lipinski definition) is 2. The Labute approximate surface area is 99.4 Å². The van der Waals surface area contributed by atoms with Crippen LogP contribution in [0.1, 0.15) is 39.5 Å². The van der Waals surface area contributed by atoms with Crippen molar-refractivity contribution in [2.75, 3.05) is 19.7 Å². The van der Waals surface area contributed by atoms with Crippen LogP contribution in [0.4, 0.5) is 0 Å². The lowest BCUT2D eigenvalue weighted by Crippen LogP contribution is -2.34. The zero-order valence-electron chi connectivity index (χ0n) is 10.7. The van der Waals surface area contributed by atoms with Crippen molar-refractivity contribution in [3.63, 3.8) is 0 Å². The molecule has 0 bridgehead atoms. The zero-order chi connectivity index (χ0) is 11.4. The van der Waals surface area contributed by atoms with Crippen molar-refractivity contribution in [1.82, 2.24) is 5.32 Å². The van der Waals surface area contributed by atoms with E-state index in [0.717, 1.165) is 31.5 Å². The molecule has 2 aliphatic rings. The first kappa shape index (κ1) is 12.1. The van der Waals surface area contributed by atoms with Gasteiger partial charge in [-0.15, -0.1) is 0 Å². The number of hydrogen-bond donors (Lipinski definition) is 1. The van der Waals surface area contributed by atoms with Crippen molar-refractivity contribution in [2.45, 2.75) is 45.6 Å². The fraction of sp³-hybridized carbons (Fsp3) is 0.857. The Balaban J connectivity index is 1.71. The molecular formula is C14H25NO. The lowest BCUT2D eigenvalue weighted by molar-refractivity contribution is 0.109. The van der Waals surface area contributed by atoms with Gasteiger partial charge in [0.25, 0.3) is 0 Å². The first-order valence-electron chi connectivity index (χ1n) is 6.76. The van der Waals surface area contributed by atoms with Gasteiger partial charge in [-0.05, 0) is 44.4 Å². The molecule has 0 unspecified atom stereocenters. The lowest BCUT2D eigenvalue weighted by atomic mass is 9.80. The van der Waals surface area contributed by atoms with Crippen LogP contribution in [0, 0.1) is 11.8 Å². The van der Waals surface area contributed by atoms with Crippen LogP contribution in [0.25, 0.3) is 0 Å². The molecule has 1 fully saturated rings. The quantitative estimate of drug-likeness (QED) is 0.740. The third-order valence-corrected chi connectivity index (χ3v) is 4.12. The van der Waals surface area contributed by atoms with Crippen molar-refractivity contribution in [2.24, 2.45) is 11.8 Å². The average molecular weight is 223 g/mol. The van der Waals surface area contributed by atoms with Crippen LogP contribution < -0.4 is 5.32 Å². The van der Waals surface area contributed by atoms with E-state index in [4.69, 9.17) is 4.74 Å². The van der Waals surface area contributed by atoms with Crippen molar-refractivity contribution in [1.29, 1.82) is 0 Å². The van der Waals surface area contributed by atoms with Gasteiger partial charge in [0.2, 0.25) is 0 Å². The predicted octanol–water partition coefficient (Wildman–Crippen LogP) is 2.75. The summed E-state index contributed by atoms with van der Waals surface area (Å²) in [5.41, 5.74) is 1.58. The van der Waals surface area contributed by atoms with E-state index >= 15 is 0 Å². The second-order valence-corrected chi connectivity index (χ2v) is 5.40. The summed E-state index contributed by atoms with van der Waals surface area (Å²) in [5, 5.41) is 3.59. The first-order chi connectivity index (χ1) is 7.77. The molecule has 1 aliphatic heterocycles. The van der Waals surface area contributed by atoms with Crippen LogP contribution in [0.3, 0.4) is 0 Å². The third-order valence-electron chi connectivity index (χ3n) is 4.12. The Morgan fingerprint density at radius 1 is 1.38 bits per heavy atom. The second kappa shape index (κ2) is 5.83. The van der Waals surface area contributed by atoms with Crippen LogP contribution in [0.2, 0.25) is 0 Å². The van der Waals surface area contributed by atoms with Crippen LogP contribution >= 0.6 is 0 Å². The minimum absolute atomic E-state index is 0.475. The maximum absolute atomic E-state index is 5.62. The van der Waals surface area contributed by atoms with Gasteiger partial charge in [0.1, 0.15) is 0 Å². The summed E-state index contributed by atoms with van der Waals surface area (Å²) < 4.78 is 5.62. The Bertz CT molecular complexity index is 243. The molecule has 0 aromatic carbocycles. The summed E-state index contributed by atoms with van der Waals surface area (Å²) in [5.74, 6) is 1.58. The summed E-state index contributed by atoms with van der Waals surface area (Å²) in [4.78, 5) is 0. The summed E-state index contributed by atoms with van der Waals surface area (Å²) in [7, 11) is 0. The summed E-state index contributed by atoms with van der Waals surface area (Å²) in [6, 6.07) is 0. The maximum Gasteiger partial charge on any atom is 0.0700 e. The minimum Gasteiger partial charge on any atom is -0.377 e. The van der Waals surface area contributed by atoms with Crippen molar-refractivity contribution in [3.05, 3.63) is 11.6 Å². The molecule has 1 saturated heterocycles. The smallest absolute Gasteiger partial charge is 0.0700 e. The van der Waals surface area contributed by atoms with E-state index in [1.54, 1.807) is 5.57 Å². The lowest BCUT2D eigenvalue weighted by Gasteiger charge is -2.29. The first-order valence-corrected chi connectivity index (χ1v) is 6.76. The standard InChI is InChI=1S/C14H25NO/c1-11-5-3-6-12(2)14(11)10-15-9-13-7-4-8-16-13/h5,12-15H,3-4,6-10H2,1-2H3/t12-,13-,14-/m0/s1. The molecule has 0 aromatic heterocycles. The molecule has 1 aliphatic carbocycles. The van der Waals surface area contributed by atoms with E-state index in [1.807, 2.05) is 0 Å². The van der Waals surface area contributed by atoms with E-state index in [1.165, 1.54) is 25.7 Å². The van der Waals surface area contributed by atoms with Gasteiger partial charge >= 0.3 is 0 Å². The van der Waals surface area contributed by atoms with E-state index in [2.05, 4.69) is 25.2 Å². The molecule has 0 spiro atoms. The van der Waals surface area contributed by atoms with Crippen molar-refractivity contribution < 1.29 is 4.74 Å². The maximum atomic E-state index is 5.62. The number of nitrogens with one attached hydrogen (secondary N) is 1. The highest BCUT2D eigenvalue weighted by Gasteiger charge is 2.22. The third kappa shape index (κ3) is 3.08. The van der Waals surface area contributed by atoms with Gasteiger partial charge in [0.05, 0.1) is 6.10 Å². The molecule has 2 rings (SSSR count). The highest BCUT2D eigenvalue weighted by Crippen LogP contribution is 2.29. The average Bonchev–Trinajstić information content (AvgIpc) is 2.75. The Morgan fingerprint density at radius 2 is 2.25 bits per heavy atom. The van der Waals surface area contributed by atoms with E-state index in [0.29, 0.717) is 6.10 Å². The fourth-order valence-corrected chi connectivity index (χ4v) is 2.94. The van der Waals surface area contributed by atoms with Gasteiger partial charge in [-0.1, -0.05) is 18.6 Å². The van der Waals surface area contributed by atoms with Crippen LogP contribution in [-0.2, 0) is 4.74 Å². The number of ether oxygens (including phenoxy) is 1. The highest BCUT2D eigenvalue weighted by molar-refractivity contribution is 5.09. The van der Waals surface area contributed by atoms with Crippen molar-refractivity contribution in [3.8, 4) is 0 Å².